The molecule has 3 nitrogen and oxygen atoms in total. The average molecular weight is 171 g/mol. The van der Waals surface area contributed by atoms with Crippen molar-refractivity contribution in [3.05, 3.63) is 12.7 Å². The van der Waals surface area contributed by atoms with Crippen molar-refractivity contribution in [3.63, 3.8) is 0 Å². The Morgan fingerprint density at radius 2 is 2.50 bits per heavy atom. The van der Waals surface area contributed by atoms with Crippen molar-refractivity contribution in [2.45, 2.75) is 25.8 Å². The molecular weight excluding hydrogens is 154 g/mol. The van der Waals surface area contributed by atoms with Crippen LogP contribution in [-0.2, 0) is 9.53 Å². The van der Waals surface area contributed by atoms with Gasteiger partial charge in [0.1, 0.15) is 6.61 Å². The van der Waals surface area contributed by atoms with Crippen LogP contribution in [0, 0.1) is 0 Å². The van der Waals surface area contributed by atoms with Crippen LogP contribution in [0.25, 0.3) is 0 Å². The van der Waals surface area contributed by atoms with Crippen molar-refractivity contribution in [2.75, 3.05) is 13.2 Å². The summed E-state index contributed by atoms with van der Waals surface area (Å²) in [6, 6.07) is 0.796. The Balaban J connectivity index is 0.000000202. The molecule has 0 aromatic rings. The highest BCUT2D eigenvalue weighted by molar-refractivity contribution is 5.37. The monoisotopic (exact) mass is 171 g/mol. The first-order valence-corrected chi connectivity index (χ1v) is 4.20. The Morgan fingerprint density at radius 3 is 2.67 bits per heavy atom. The molecule has 1 N–H and O–H groups in total. The Kier molecular flexibility index (Phi) is 7.70. The summed E-state index contributed by atoms with van der Waals surface area (Å²) in [4.78, 5) is 9.29. The van der Waals surface area contributed by atoms with Gasteiger partial charge in [0.15, 0.2) is 0 Å². The predicted molar refractivity (Wildman–Crippen MR) is 48.9 cm³/mol. The zero-order chi connectivity index (χ0) is 9.23. The van der Waals surface area contributed by atoms with Crippen LogP contribution >= 0.6 is 0 Å². The third-order valence-electron chi connectivity index (χ3n) is 1.59. The molecule has 0 spiro atoms. The molecule has 1 saturated heterocycles. The van der Waals surface area contributed by atoms with Crippen molar-refractivity contribution < 1.29 is 9.53 Å². The van der Waals surface area contributed by atoms with E-state index in [4.69, 9.17) is 0 Å². The molecule has 70 valence electrons. The number of rotatable bonds is 3. The fourth-order valence-corrected chi connectivity index (χ4v) is 0.966. The summed E-state index contributed by atoms with van der Waals surface area (Å²) >= 11 is 0. The van der Waals surface area contributed by atoms with E-state index >= 15 is 0 Å². The number of nitrogens with one attached hydrogen (secondary N) is 1. The van der Waals surface area contributed by atoms with Crippen molar-refractivity contribution in [1.29, 1.82) is 0 Å². The fraction of sp³-hybridized carbons (Fsp3) is 0.667. The van der Waals surface area contributed by atoms with E-state index in [1.54, 1.807) is 0 Å². The first kappa shape index (κ1) is 11.2. The van der Waals surface area contributed by atoms with E-state index in [2.05, 4.69) is 23.6 Å². The highest BCUT2D eigenvalue weighted by atomic mass is 16.5. The van der Waals surface area contributed by atoms with E-state index in [1.807, 2.05) is 0 Å². The van der Waals surface area contributed by atoms with E-state index in [-0.39, 0.29) is 0 Å². The van der Waals surface area contributed by atoms with Gasteiger partial charge in [-0.2, -0.15) is 0 Å². The van der Waals surface area contributed by atoms with Gasteiger partial charge in [-0.25, -0.2) is 0 Å². The standard InChI is InChI=1S/C5H11N.C4H6O2/c1-5-3-2-4-6-5;1-2-3-6-4-5/h5-6H,2-4H2,1H3;2,4H,1,3H2. The summed E-state index contributed by atoms with van der Waals surface area (Å²) in [6.45, 7) is 7.48. The van der Waals surface area contributed by atoms with Gasteiger partial charge in [-0.1, -0.05) is 12.7 Å². The van der Waals surface area contributed by atoms with E-state index < -0.39 is 0 Å². The Hall–Kier alpha value is -0.830. The van der Waals surface area contributed by atoms with Gasteiger partial charge in [-0.05, 0) is 26.3 Å². The zero-order valence-electron chi connectivity index (χ0n) is 7.58. The van der Waals surface area contributed by atoms with E-state index in [0.29, 0.717) is 13.1 Å². The smallest absolute Gasteiger partial charge is 0.293 e. The second kappa shape index (κ2) is 8.27. The minimum atomic E-state index is 0.309. The minimum absolute atomic E-state index is 0.309. The molecule has 1 aliphatic rings. The Bertz CT molecular complexity index is 112. The SMILES string of the molecule is C=CCOC=O.CC1CCCN1. The highest BCUT2D eigenvalue weighted by Crippen LogP contribution is 2.01. The summed E-state index contributed by atoms with van der Waals surface area (Å²) < 4.78 is 4.18. The Morgan fingerprint density at radius 1 is 1.75 bits per heavy atom. The van der Waals surface area contributed by atoms with Gasteiger partial charge in [0.2, 0.25) is 0 Å². The minimum Gasteiger partial charge on any atom is -0.464 e. The van der Waals surface area contributed by atoms with Gasteiger partial charge >= 0.3 is 0 Å². The molecule has 3 heteroatoms. The molecule has 1 heterocycles. The Labute approximate surface area is 73.8 Å². The maximum atomic E-state index is 9.29. The van der Waals surface area contributed by atoms with Gasteiger partial charge < -0.3 is 10.1 Å². The lowest BCUT2D eigenvalue weighted by molar-refractivity contribution is -0.127. The maximum Gasteiger partial charge on any atom is 0.293 e. The van der Waals surface area contributed by atoms with Crippen LogP contribution in [0.15, 0.2) is 12.7 Å². The molecule has 1 unspecified atom stereocenters. The second-order valence-electron chi connectivity index (χ2n) is 2.72. The van der Waals surface area contributed by atoms with Gasteiger partial charge in [0.25, 0.3) is 6.47 Å². The molecule has 0 aromatic carbocycles. The predicted octanol–water partition coefficient (Wildman–Crippen LogP) is 1.10. The lowest BCUT2D eigenvalue weighted by atomic mass is 10.3. The van der Waals surface area contributed by atoms with Gasteiger partial charge in [0.05, 0.1) is 0 Å². The van der Waals surface area contributed by atoms with Crippen LogP contribution < -0.4 is 5.32 Å². The third kappa shape index (κ3) is 7.28. The highest BCUT2D eigenvalue weighted by Gasteiger charge is 2.05. The number of carbonyl (C=O) groups excluding carboxylic acids is 1. The van der Waals surface area contributed by atoms with Crippen molar-refractivity contribution in [2.24, 2.45) is 0 Å². The molecule has 12 heavy (non-hydrogen) atoms. The first-order chi connectivity index (χ1) is 5.81. The van der Waals surface area contributed by atoms with Crippen molar-refractivity contribution in [3.8, 4) is 0 Å². The largest absolute Gasteiger partial charge is 0.464 e. The zero-order valence-corrected chi connectivity index (χ0v) is 7.58. The maximum absolute atomic E-state index is 9.29. The summed E-state index contributed by atoms with van der Waals surface area (Å²) in [5, 5.41) is 3.32. The van der Waals surface area contributed by atoms with Gasteiger partial charge in [0, 0.05) is 6.04 Å². The normalized spacial score (nSPS) is 20.6. The molecule has 0 bridgehead atoms. The molecule has 1 atom stereocenters. The number of hydrogen-bond donors (Lipinski definition) is 1. The lowest BCUT2D eigenvalue weighted by Gasteiger charge is -1.95. The molecule has 1 fully saturated rings. The molecule has 0 amide bonds. The van der Waals surface area contributed by atoms with Crippen LogP contribution in [0.5, 0.6) is 0 Å². The molecule has 0 radical (unpaired) electrons. The lowest BCUT2D eigenvalue weighted by Crippen LogP contribution is -2.16. The third-order valence-corrected chi connectivity index (χ3v) is 1.59. The topological polar surface area (TPSA) is 38.3 Å². The summed E-state index contributed by atoms with van der Waals surface area (Å²) in [7, 11) is 0. The van der Waals surface area contributed by atoms with Crippen molar-refractivity contribution >= 4 is 6.47 Å². The molecule has 0 aliphatic carbocycles. The van der Waals surface area contributed by atoms with Gasteiger partial charge in [-0.3, -0.25) is 4.79 Å². The van der Waals surface area contributed by atoms with E-state index in [0.717, 1.165) is 6.04 Å². The van der Waals surface area contributed by atoms with Crippen LogP contribution in [0.1, 0.15) is 19.8 Å². The van der Waals surface area contributed by atoms with E-state index in [9.17, 15) is 4.79 Å². The fourth-order valence-electron chi connectivity index (χ4n) is 0.966. The molecule has 0 saturated carbocycles. The number of ether oxygens (including phenoxy) is 1. The molecular formula is C9H17NO2. The van der Waals surface area contributed by atoms with Gasteiger partial charge in [-0.15, -0.1) is 0 Å². The summed E-state index contributed by atoms with van der Waals surface area (Å²) in [5.41, 5.74) is 0. The van der Waals surface area contributed by atoms with Crippen LogP contribution in [0.3, 0.4) is 0 Å². The number of hydrogen-bond acceptors (Lipinski definition) is 3. The quantitative estimate of drug-likeness (QED) is 0.392. The summed E-state index contributed by atoms with van der Waals surface area (Å²) in [5.74, 6) is 0. The van der Waals surface area contributed by atoms with E-state index in [1.165, 1.54) is 25.5 Å². The van der Waals surface area contributed by atoms with Crippen LogP contribution in [0.2, 0.25) is 0 Å². The molecule has 0 aromatic heterocycles. The van der Waals surface area contributed by atoms with Crippen LogP contribution in [-0.4, -0.2) is 25.7 Å². The molecule has 1 rings (SSSR count). The summed E-state index contributed by atoms with van der Waals surface area (Å²) in [6.07, 6.45) is 4.26. The average Bonchev–Trinajstić information content (AvgIpc) is 2.53. The molecule has 1 aliphatic heterocycles. The van der Waals surface area contributed by atoms with Crippen molar-refractivity contribution in [1.82, 2.24) is 5.32 Å². The first-order valence-electron chi connectivity index (χ1n) is 4.20. The van der Waals surface area contributed by atoms with Crippen LogP contribution in [0.4, 0.5) is 0 Å². The second-order valence-corrected chi connectivity index (χ2v) is 2.72. The number of carbonyl (C=O) groups is 1.